The molecule has 2 aliphatic rings. The number of rotatable bonds is 6. The molecule has 0 saturated heterocycles. The van der Waals surface area contributed by atoms with Crippen LogP contribution in [-0.4, -0.2) is 0 Å². The normalized spacial score (nSPS) is 13.0. The summed E-state index contributed by atoms with van der Waals surface area (Å²) in [6.45, 7) is 0. The quantitative estimate of drug-likeness (QED) is 0.169. The van der Waals surface area contributed by atoms with E-state index < -0.39 is 5.41 Å². The topological polar surface area (TPSA) is 28.9 Å². The van der Waals surface area contributed by atoms with Crippen LogP contribution in [0.1, 0.15) is 22.3 Å². The lowest BCUT2D eigenvalue weighted by Crippen LogP contribution is -2.32. The molecule has 12 rings (SSSR count). The summed E-state index contributed by atoms with van der Waals surface area (Å²) in [6, 6.07) is 77.6. The zero-order valence-corrected chi connectivity index (χ0v) is 32.0. The number of anilines is 6. The van der Waals surface area contributed by atoms with Gasteiger partial charge in [-0.05, 0) is 107 Å². The van der Waals surface area contributed by atoms with Crippen molar-refractivity contribution in [1.29, 1.82) is 0 Å². The largest absolute Gasteiger partial charge is 0.457 e. The molecular formula is C55H36N2O2. The molecule has 0 amide bonds. The zero-order valence-electron chi connectivity index (χ0n) is 32.0. The smallest absolute Gasteiger partial charge is 0.137 e. The lowest BCUT2D eigenvalue weighted by Gasteiger charge is -2.39. The maximum absolute atomic E-state index is 6.79. The Hall–Kier alpha value is -7.82. The molecule has 1 aliphatic carbocycles. The van der Waals surface area contributed by atoms with Gasteiger partial charge in [-0.2, -0.15) is 0 Å². The van der Waals surface area contributed by atoms with Crippen LogP contribution in [0.25, 0.3) is 33.1 Å². The molecule has 4 heteroatoms. The predicted molar refractivity (Wildman–Crippen MR) is 240 cm³/mol. The number of nitrogens with zero attached hydrogens (tertiary/aromatic N) is 2. The maximum atomic E-state index is 6.79. The molecule has 1 aromatic heterocycles. The molecule has 1 spiro atoms. The average molecular weight is 757 g/mol. The summed E-state index contributed by atoms with van der Waals surface area (Å²) in [6.07, 6.45) is 0. The van der Waals surface area contributed by atoms with Gasteiger partial charge >= 0.3 is 0 Å². The minimum atomic E-state index is -0.594. The first-order chi connectivity index (χ1) is 29.3. The number of hydrogen-bond donors (Lipinski definition) is 0. The van der Waals surface area contributed by atoms with Gasteiger partial charge < -0.3 is 19.0 Å². The highest BCUT2D eigenvalue weighted by Crippen LogP contribution is 2.63. The molecule has 0 bridgehead atoms. The molecular weight excluding hydrogens is 721 g/mol. The molecule has 4 nitrogen and oxygen atoms in total. The van der Waals surface area contributed by atoms with Gasteiger partial charge in [-0.1, -0.05) is 133 Å². The number of para-hydroxylation sites is 5. The van der Waals surface area contributed by atoms with E-state index in [0.717, 1.165) is 78.7 Å². The number of benzene rings is 9. The van der Waals surface area contributed by atoms with Crippen LogP contribution in [0.5, 0.6) is 11.5 Å². The van der Waals surface area contributed by atoms with E-state index in [2.05, 4.69) is 228 Å². The van der Waals surface area contributed by atoms with E-state index in [9.17, 15) is 0 Å². The molecule has 9 aromatic carbocycles. The van der Waals surface area contributed by atoms with Gasteiger partial charge in [-0.25, -0.2) is 0 Å². The van der Waals surface area contributed by atoms with Crippen LogP contribution < -0.4 is 14.5 Å². The van der Waals surface area contributed by atoms with Crippen LogP contribution in [0.2, 0.25) is 0 Å². The third-order valence-electron chi connectivity index (χ3n) is 12.1. The highest BCUT2D eigenvalue weighted by atomic mass is 16.5. The van der Waals surface area contributed by atoms with Gasteiger partial charge in [0.05, 0.1) is 27.6 Å². The molecule has 2 heterocycles. The second-order valence-corrected chi connectivity index (χ2v) is 15.2. The molecule has 0 unspecified atom stereocenters. The summed E-state index contributed by atoms with van der Waals surface area (Å²) in [5, 5.41) is 2.09. The van der Waals surface area contributed by atoms with Crippen molar-refractivity contribution in [3.05, 3.63) is 241 Å². The first kappa shape index (κ1) is 33.3. The van der Waals surface area contributed by atoms with Crippen molar-refractivity contribution in [3.63, 3.8) is 0 Å². The number of hydrogen-bond acceptors (Lipinski definition) is 4. The molecule has 0 atom stereocenters. The fourth-order valence-electron chi connectivity index (χ4n) is 9.77. The van der Waals surface area contributed by atoms with Gasteiger partial charge in [0.25, 0.3) is 0 Å². The summed E-state index contributed by atoms with van der Waals surface area (Å²) >= 11 is 0. The molecule has 278 valence electrons. The third-order valence-corrected chi connectivity index (χ3v) is 12.1. The van der Waals surface area contributed by atoms with Crippen LogP contribution in [0.15, 0.2) is 223 Å². The van der Waals surface area contributed by atoms with Crippen molar-refractivity contribution >= 4 is 56.1 Å². The molecule has 0 saturated carbocycles. The first-order valence-electron chi connectivity index (χ1n) is 20.1. The van der Waals surface area contributed by atoms with E-state index in [4.69, 9.17) is 9.15 Å². The van der Waals surface area contributed by atoms with E-state index in [1.807, 2.05) is 0 Å². The molecule has 0 fully saturated rings. The number of furan rings is 1. The molecule has 1 aliphatic heterocycles. The highest BCUT2D eigenvalue weighted by molar-refractivity contribution is 6.19. The van der Waals surface area contributed by atoms with E-state index in [-0.39, 0.29) is 0 Å². The van der Waals surface area contributed by atoms with Gasteiger partial charge in [0.15, 0.2) is 0 Å². The third kappa shape index (κ3) is 4.90. The Bertz CT molecular complexity index is 3120. The Morgan fingerprint density at radius 3 is 1.31 bits per heavy atom. The van der Waals surface area contributed by atoms with E-state index in [1.54, 1.807) is 0 Å². The van der Waals surface area contributed by atoms with Crippen LogP contribution in [0, 0.1) is 0 Å². The van der Waals surface area contributed by atoms with Crippen molar-refractivity contribution in [1.82, 2.24) is 0 Å². The molecule has 0 radical (unpaired) electrons. The highest BCUT2D eigenvalue weighted by Gasteiger charge is 2.51. The second kappa shape index (κ2) is 13.1. The van der Waals surface area contributed by atoms with Gasteiger partial charge in [0, 0.05) is 33.9 Å². The molecule has 10 aromatic rings. The van der Waals surface area contributed by atoms with E-state index >= 15 is 0 Å². The zero-order chi connectivity index (χ0) is 38.9. The van der Waals surface area contributed by atoms with Crippen molar-refractivity contribution in [2.45, 2.75) is 5.41 Å². The Kier molecular flexibility index (Phi) is 7.41. The minimum Gasteiger partial charge on any atom is -0.457 e. The Balaban J connectivity index is 1.15. The fourth-order valence-corrected chi connectivity index (χ4v) is 9.77. The monoisotopic (exact) mass is 756 g/mol. The predicted octanol–water partition coefficient (Wildman–Crippen LogP) is 15.0. The van der Waals surface area contributed by atoms with Gasteiger partial charge in [-0.15, -0.1) is 0 Å². The van der Waals surface area contributed by atoms with Crippen LogP contribution in [0.3, 0.4) is 0 Å². The lowest BCUT2D eigenvalue weighted by molar-refractivity contribution is 0.436. The first-order valence-corrected chi connectivity index (χ1v) is 20.1. The van der Waals surface area contributed by atoms with Crippen LogP contribution in [-0.2, 0) is 5.41 Å². The van der Waals surface area contributed by atoms with Crippen molar-refractivity contribution in [3.8, 4) is 22.6 Å². The maximum Gasteiger partial charge on any atom is 0.137 e. The van der Waals surface area contributed by atoms with Gasteiger partial charge in [0.1, 0.15) is 22.7 Å². The SMILES string of the molecule is c1ccc(N(c2ccccc2)c2cccc3oc4cccc(N(c5ccccc5)c5ccc6c(c5)C5(c7ccccc7Oc7ccccc75)c5ccccc5-6)c4c23)cc1. The summed E-state index contributed by atoms with van der Waals surface area (Å²) < 4.78 is 13.5. The standard InChI is InChI=1S/C55H36N2O2/c1-4-18-37(19-5-1)56(38-20-6-2-7-21-38)47-28-16-32-51-53(47)54-48(29-17-33-52(54)59-51)57(39-22-8-3-9-23-39)40-34-35-42-41-24-10-11-25-43(41)55(46(42)36-40)44-26-12-14-30-49(44)58-50-31-15-13-27-45(50)55/h1-36H. The van der Waals surface area contributed by atoms with Crippen molar-refractivity contribution in [2.24, 2.45) is 0 Å². The number of ether oxygens (including phenoxy) is 1. The molecule has 0 N–H and O–H groups in total. The van der Waals surface area contributed by atoms with Crippen molar-refractivity contribution in [2.75, 3.05) is 9.80 Å². The molecule has 59 heavy (non-hydrogen) atoms. The average Bonchev–Trinajstić information content (AvgIpc) is 3.83. The summed E-state index contributed by atoms with van der Waals surface area (Å²) in [4.78, 5) is 4.73. The van der Waals surface area contributed by atoms with Crippen LogP contribution in [0.4, 0.5) is 34.1 Å². The van der Waals surface area contributed by atoms with Crippen LogP contribution >= 0.6 is 0 Å². The van der Waals surface area contributed by atoms with Crippen molar-refractivity contribution < 1.29 is 9.15 Å². The van der Waals surface area contributed by atoms with E-state index in [0.29, 0.717) is 0 Å². The van der Waals surface area contributed by atoms with Gasteiger partial charge in [-0.3, -0.25) is 0 Å². The lowest BCUT2D eigenvalue weighted by atomic mass is 9.66. The Morgan fingerprint density at radius 1 is 0.322 bits per heavy atom. The summed E-state index contributed by atoms with van der Waals surface area (Å²) in [7, 11) is 0. The summed E-state index contributed by atoms with van der Waals surface area (Å²) in [5.74, 6) is 1.76. The Labute approximate surface area is 342 Å². The van der Waals surface area contributed by atoms with E-state index in [1.165, 1.54) is 22.3 Å². The fraction of sp³-hybridized carbons (Fsp3) is 0.0182. The Morgan fingerprint density at radius 2 is 0.763 bits per heavy atom. The minimum absolute atomic E-state index is 0.594. The van der Waals surface area contributed by atoms with Gasteiger partial charge in [0.2, 0.25) is 0 Å². The number of fused-ring (bicyclic) bond motifs is 12. The second-order valence-electron chi connectivity index (χ2n) is 15.2. The summed E-state index contributed by atoms with van der Waals surface area (Å²) in [5.41, 5.74) is 14.6.